The number of hydrogen-bond donors (Lipinski definition) is 1. The number of carbonyl (C=O) groups is 1. The van der Waals surface area contributed by atoms with E-state index in [1.165, 1.54) is 29.3 Å². The van der Waals surface area contributed by atoms with E-state index in [2.05, 4.69) is 35.3 Å². The summed E-state index contributed by atoms with van der Waals surface area (Å²) in [6.07, 6.45) is 6.28. The predicted molar refractivity (Wildman–Crippen MR) is 107 cm³/mol. The third kappa shape index (κ3) is 5.54. The number of nitrogens with zero attached hydrogens (tertiary/aromatic N) is 7. The van der Waals surface area contributed by atoms with Crippen molar-refractivity contribution < 1.29 is 9.53 Å². The van der Waals surface area contributed by atoms with Crippen molar-refractivity contribution in [2.75, 3.05) is 42.2 Å². The summed E-state index contributed by atoms with van der Waals surface area (Å²) in [5.41, 5.74) is 0. The van der Waals surface area contributed by atoms with E-state index in [4.69, 9.17) is 4.74 Å². The first-order valence-electron chi connectivity index (χ1n) is 9.65. The topological polar surface area (TPSA) is 111 Å². The molecule has 1 N–H and O–H groups in total. The standard InChI is InChI=1S/C17H26N8O2S/c1-3-18-14-20-15(24-9-7-5-6-8-10-24)22-16(21-14)25-12-19-17(23-25)28-11-13(26)27-4-2/h12H,3-11H2,1-2H3,(H,18,20,21,22). The Bertz CT molecular complexity index is 776. The maximum Gasteiger partial charge on any atom is 0.316 e. The number of ether oxygens (including phenoxy) is 1. The molecule has 11 heteroatoms. The van der Waals surface area contributed by atoms with E-state index in [-0.39, 0.29) is 11.7 Å². The number of thioether (sulfide) groups is 1. The Kier molecular flexibility index (Phi) is 7.40. The monoisotopic (exact) mass is 406 g/mol. The van der Waals surface area contributed by atoms with Crippen LogP contribution in [0, 0.1) is 0 Å². The van der Waals surface area contributed by atoms with Gasteiger partial charge in [0.25, 0.3) is 5.95 Å². The highest BCUT2D eigenvalue weighted by molar-refractivity contribution is 7.99. The maximum absolute atomic E-state index is 11.5. The maximum atomic E-state index is 11.5. The molecule has 1 saturated heterocycles. The highest BCUT2D eigenvalue weighted by atomic mass is 32.2. The molecule has 10 nitrogen and oxygen atoms in total. The van der Waals surface area contributed by atoms with Crippen LogP contribution < -0.4 is 10.2 Å². The Hall–Kier alpha value is -2.43. The Balaban J connectivity index is 1.79. The van der Waals surface area contributed by atoms with Gasteiger partial charge in [-0.1, -0.05) is 24.6 Å². The fraction of sp³-hybridized carbons (Fsp3) is 0.647. The lowest BCUT2D eigenvalue weighted by Crippen LogP contribution is -2.27. The molecular formula is C17H26N8O2S. The molecule has 2 aromatic rings. The van der Waals surface area contributed by atoms with Crippen molar-refractivity contribution in [2.45, 2.75) is 44.7 Å². The molecule has 1 fully saturated rings. The summed E-state index contributed by atoms with van der Waals surface area (Å²) < 4.78 is 6.43. The van der Waals surface area contributed by atoms with Gasteiger partial charge in [-0.15, -0.1) is 5.10 Å². The molecular weight excluding hydrogens is 380 g/mol. The van der Waals surface area contributed by atoms with Crippen LogP contribution in [0.25, 0.3) is 5.95 Å². The van der Waals surface area contributed by atoms with Crippen molar-refractivity contribution in [2.24, 2.45) is 0 Å². The largest absolute Gasteiger partial charge is 0.465 e. The van der Waals surface area contributed by atoms with Gasteiger partial charge in [0.1, 0.15) is 6.33 Å². The summed E-state index contributed by atoms with van der Waals surface area (Å²) in [7, 11) is 0. The van der Waals surface area contributed by atoms with E-state index in [0.717, 1.165) is 25.9 Å². The summed E-state index contributed by atoms with van der Waals surface area (Å²) in [6.45, 7) is 6.72. The molecule has 0 aliphatic carbocycles. The second kappa shape index (κ2) is 10.2. The second-order valence-electron chi connectivity index (χ2n) is 6.26. The summed E-state index contributed by atoms with van der Waals surface area (Å²) in [5.74, 6) is 1.45. The number of esters is 1. The number of anilines is 2. The molecule has 152 valence electrons. The normalized spacial score (nSPS) is 14.6. The minimum absolute atomic E-state index is 0.163. The summed E-state index contributed by atoms with van der Waals surface area (Å²) in [6, 6.07) is 0. The van der Waals surface area contributed by atoms with Gasteiger partial charge in [-0.2, -0.15) is 19.6 Å². The van der Waals surface area contributed by atoms with Crippen molar-refractivity contribution in [1.82, 2.24) is 29.7 Å². The highest BCUT2D eigenvalue weighted by Crippen LogP contribution is 2.19. The highest BCUT2D eigenvalue weighted by Gasteiger charge is 2.17. The van der Waals surface area contributed by atoms with Gasteiger partial charge in [-0.05, 0) is 26.7 Å². The Morgan fingerprint density at radius 1 is 1.14 bits per heavy atom. The molecule has 0 saturated carbocycles. The first-order valence-corrected chi connectivity index (χ1v) is 10.6. The SMILES string of the molecule is CCNc1nc(N2CCCCCC2)nc(-n2cnc(SCC(=O)OCC)n2)n1. The lowest BCUT2D eigenvalue weighted by Gasteiger charge is -2.20. The van der Waals surface area contributed by atoms with E-state index in [0.29, 0.717) is 36.2 Å². The summed E-state index contributed by atoms with van der Waals surface area (Å²) in [4.78, 5) is 31.6. The lowest BCUT2D eigenvalue weighted by atomic mass is 10.2. The first-order chi connectivity index (χ1) is 13.7. The number of aromatic nitrogens is 6. The van der Waals surface area contributed by atoms with Crippen LogP contribution in [0.3, 0.4) is 0 Å². The molecule has 0 unspecified atom stereocenters. The Labute approximate surface area is 168 Å². The fourth-order valence-corrected chi connectivity index (χ4v) is 3.44. The van der Waals surface area contributed by atoms with Gasteiger partial charge in [0.05, 0.1) is 12.4 Å². The summed E-state index contributed by atoms with van der Waals surface area (Å²) >= 11 is 1.22. The molecule has 0 atom stereocenters. The average Bonchev–Trinajstić information content (AvgIpc) is 3.00. The lowest BCUT2D eigenvalue weighted by molar-refractivity contribution is -0.139. The number of rotatable bonds is 8. The molecule has 0 aromatic carbocycles. The van der Waals surface area contributed by atoms with Gasteiger partial charge in [0.2, 0.25) is 17.1 Å². The zero-order chi connectivity index (χ0) is 19.8. The van der Waals surface area contributed by atoms with Gasteiger partial charge >= 0.3 is 5.97 Å². The van der Waals surface area contributed by atoms with Crippen LogP contribution in [-0.2, 0) is 9.53 Å². The predicted octanol–water partition coefficient (Wildman–Crippen LogP) is 1.92. The molecule has 1 aliphatic rings. The second-order valence-corrected chi connectivity index (χ2v) is 7.20. The van der Waals surface area contributed by atoms with Gasteiger partial charge in [-0.3, -0.25) is 4.79 Å². The molecule has 1 aliphatic heterocycles. The molecule has 28 heavy (non-hydrogen) atoms. The minimum Gasteiger partial charge on any atom is -0.465 e. The van der Waals surface area contributed by atoms with Crippen LogP contribution in [-0.4, -0.2) is 67.7 Å². The van der Waals surface area contributed by atoms with Gasteiger partial charge in [0, 0.05) is 19.6 Å². The average molecular weight is 407 g/mol. The quantitative estimate of drug-likeness (QED) is 0.515. The molecule has 3 rings (SSSR count). The number of nitrogens with one attached hydrogen (secondary N) is 1. The third-order valence-electron chi connectivity index (χ3n) is 4.14. The number of hydrogen-bond acceptors (Lipinski definition) is 10. The third-order valence-corrected chi connectivity index (χ3v) is 4.96. The van der Waals surface area contributed by atoms with Crippen LogP contribution in [0.4, 0.5) is 11.9 Å². The van der Waals surface area contributed by atoms with Crippen molar-refractivity contribution in [3.63, 3.8) is 0 Å². The van der Waals surface area contributed by atoms with E-state index >= 15 is 0 Å². The van der Waals surface area contributed by atoms with Crippen LogP contribution in [0.5, 0.6) is 0 Å². The number of carbonyl (C=O) groups excluding carboxylic acids is 1. The van der Waals surface area contributed by atoms with Gasteiger partial charge in [-0.25, -0.2) is 4.98 Å². The fourth-order valence-electron chi connectivity index (χ4n) is 2.84. The first kappa shape index (κ1) is 20.3. The Morgan fingerprint density at radius 3 is 2.61 bits per heavy atom. The van der Waals surface area contributed by atoms with Crippen molar-refractivity contribution in [3.05, 3.63) is 6.33 Å². The van der Waals surface area contributed by atoms with E-state index < -0.39 is 0 Å². The Morgan fingerprint density at radius 2 is 1.89 bits per heavy atom. The van der Waals surface area contributed by atoms with E-state index in [1.54, 1.807) is 13.3 Å². The molecule has 0 spiro atoms. The zero-order valence-corrected chi connectivity index (χ0v) is 17.1. The molecule has 0 radical (unpaired) electrons. The van der Waals surface area contributed by atoms with Crippen LogP contribution in [0.2, 0.25) is 0 Å². The zero-order valence-electron chi connectivity index (χ0n) is 16.3. The van der Waals surface area contributed by atoms with Crippen LogP contribution in [0.15, 0.2) is 11.5 Å². The summed E-state index contributed by atoms with van der Waals surface area (Å²) in [5, 5.41) is 8.00. The minimum atomic E-state index is -0.290. The molecule has 3 heterocycles. The van der Waals surface area contributed by atoms with Gasteiger partial charge in [0.15, 0.2) is 0 Å². The van der Waals surface area contributed by atoms with Gasteiger partial charge < -0.3 is 15.0 Å². The van der Waals surface area contributed by atoms with Crippen molar-refractivity contribution in [1.29, 1.82) is 0 Å². The van der Waals surface area contributed by atoms with Crippen molar-refractivity contribution in [3.8, 4) is 5.95 Å². The van der Waals surface area contributed by atoms with E-state index in [9.17, 15) is 4.79 Å². The van der Waals surface area contributed by atoms with E-state index in [1.807, 2.05) is 6.92 Å². The smallest absolute Gasteiger partial charge is 0.316 e. The molecule has 0 amide bonds. The molecule has 2 aromatic heterocycles. The van der Waals surface area contributed by atoms with Crippen LogP contribution >= 0.6 is 11.8 Å². The van der Waals surface area contributed by atoms with Crippen LogP contribution in [0.1, 0.15) is 39.5 Å². The van der Waals surface area contributed by atoms with Crippen molar-refractivity contribution >= 4 is 29.6 Å². The molecule has 0 bridgehead atoms.